The van der Waals surface area contributed by atoms with Gasteiger partial charge in [0.15, 0.2) is 23.9 Å². The minimum Gasteiger partial charge on any atom is -0.481 e. The third kappa shape index (κ3) is 3.23. The molecule has 3 rings (SSSR count). The van der Waals surface area contributed by atoms with Crippen LogP contribution in [0, 0.1) is 5.82 Å². The number of aromatic nitrogens is 1. The van der Waals surface area contributed by atoms with Gasteiger partial charge in [-0.05, 0) is 24.3 Å². The van der Waals surface area contributed by atoms with Gasteiger partial charge in [0.1, 0.15) is 0 Å². The lowest BCUT2D eigenvalue weighted by Gasteiger charge is -2.04. The van der Waals surface area contributed by atoms with Crippen molar-refractivity contribution in [1.29, 1.82) is 0 Å². The standard InChI is InChI=1S/C16H11ClFNO2/c17-12-5-3-4-11(8-12)15-9-19-16(21-15)10-20-14-7-2-1-6-13(14)18/h1-9H,10H2. The van der Waals surface area contributed by atoms with Gasteiger partial charge in [-0.1, -0.05) is 35.9 Å². The zero-order chi connectivity index (χ0) is 14.7. The molecule has 2 aromatic carbocycles. The van der Waals surface area contributed by atoms with Crippen LogP contribution in [0.25, 0.3) is 11.3 Å². The van der Waals surface area contributed by atoms with Crippen molar-refractivity contribution in [2.75, 3.05) is 0 Å². The predicted octanol–water partition coefficient (Wildman–Crippen LogP) is 4.71. The highest BCUT2D eigenvalue weighted by Gasteiger charge is 2.09. The first kappa shape index (κ1) is 13.6. The van der Waals surface area contributed by atoms with Crippen LogP contribution in [0.15, 0.2) is 59.1 Å². The average molecular weight is 304 g/mol. The van der Waals surface area contributed by atoms with Crippen molar-refractivity contribution < 1.29 is 13.5 Å². The fourth-order valence-electron chi connectivity index (χ4n) is 1.85. The third-order valence-corrected chi connectivity index (χ3v) is 3.09. The summed E-state index contributed by atoms with van der Waals surface area (Å²) in [5.41, 5.74) is 0.826. The van der Waals surface area contributed by atoms with E-state index in [2.05, 4.69) is 4.98 Å². The highest BCUT2D eigenvalue weighted by molar-refractivity contribution is 6.30. The van der Waals surface area contributed by atoms with Crippen molar-refractivity contribution in [2.45, 2.75) is 6.61 Å². The van der Waals surface area contributed by atoms with E-state index in [0.717, 1.165) is 5.56 Å². The van der Waals surface area contributed by atoms with Gasteiger partial charge in [-0.15, -0.1) is 0 Å². The van der Waals surface area contributed by atoms with E-state index in [1.165, 1.54) is 6.07 Å². The fourth-order valence-corrected chi connectivity index (χ4v) is 2.04. The second kappa shape index (κ2) is 5.97. The summed E-state index contributed by atoms with van der Waals surface area (Å²) in [6, 6.07) is 13.4. The Morgan fingerprint density at radius 3 is 2.81 bits per heavy atom. The van der Waals surface area contributed by atoms with Crippen LogP contribution in [0.1, 0.15) is 5.89 Å². The molecule has 0 radical (unpaired) electrons. The molecule has 21 heavy (non-hydrogen) atoms. The van der Waals surface area contributed by atoms with Crippen molar-refractivity contribution in [3.05, 3.63) is 71.5 Å². The number of para-hydroxylation sites is 1. The number of ether oxygens (including phenoxy) is 1. The largest absolute Gasteiger partial charge is 0.481 e. The second-order valence-electron chi connectivity index (χ2n) is 4.35. The predicted molar refractivity (Wildman–Crippen MR) is 77.7 cm³/mol. The molecule has 0 aliphatic carbocycles. The first-order valence-corrected chi connectivity index (χ1v) is 6.68. The van der Waals surface area contributed by atoms with E-state index in [1.54, 1.807) is 36.5 Å². The van der Waals surface area contributed by atoms with Crippen LogP contribution in [-0.2, 0) is 6.61 Å². The van der Waals surface area contributed by atoms with E-state index < -0.39 is 5.82 Å². The number of oxazole rings is 1. The van der Waals surface area contributed by atoms with Gasteiger partial charge in [-0.3, -0.25) is 0 Å². The number of halogens is 2. The van der Waals surface area contributed by atoms with Gasteiger partial charge in [0.05, 0.1) is 6.20 Å². The van der Waals surface area contributed by atoms with Crippen LogP contribution in [0.4, 0.5) is 4.39 Å². The summed E-state index contributed by atoms with van der Waals surface area (Å²) in [4.78, 5) is 4.11. The summed E-state index contributed by atoms with van der Waals surface area (Å²) in [7, 11) is 0. The van der Waals surface area contributed by atoms with Gasteiger partial charge in [0.25, 0.3) is 0 Å². The third-order valence-electron chi connectivity index (χ3n) is 2.85. The van der Waals surface area contributed by atoms with E-state index in [0.29, 0.717) is 16.7 Å². The molecule has 0 amide bonds. The van der Waals surface area contributed by atoms with Crippen LogP contribution in [0.2, 0.25) is 5.02 Å². The molecule has 1 aromatic heterocycles. The number of hydrogen-bond donors (Lipinski definition) is 0. The SMILES string of the molecule is Fc1ccccc1OCc1ncc(-c2cccc(Cl)c2)o1. The van der Waals surface area contributed by atoms with Crippen molar-refractivity contribution in [3.63, 3.8) is 0 Å². The molecule has 0 saturated heterocycles. The Morgan fingerprint density at radius 1 is 1.14 bits per heavy atom. The number of benzene rings is 2. The lowest BCUT2D eigenvalue weighted by molar-refractivity contribution is 0.253. The summed E-state index contributed by atoms with van der Waals surface area (Å²) in [5.74, 6) is 0.706. The highest BCUT2D eigenvalue weighted by Crippen LogP contribution is 2.24. The van der Waals surface area contributed by atoms with Crippen molar-refractivity contribution in [3.8, 4) is 17.1 Å². The van der Waals surface area contributed by atoms with Crippen molar-refractivity contribution >= 4 is 11.6 Å². The maximum atomic E-state index is 13.4. The smallest absolute Gasteiger partial charge is 0.232 e. The Labute approximate surface area is 126 Å². The van der Waals surface area contributed by atoms with Gasteiger partial charge in [-0.2, -0.15) is 0 Å². The van der Waals surface area contributed by atoms with Gasteiger partial charge < -0.3 is 9.15 Å². The van der Waals surface area contributed by atoms with Gasteiger partial charge in [0.2, 0.25) is 5.89 Å². The van der Waals surface area contributed by atoms with Crippen molar-refractivity contribution in [2.24, 2.45) is 0 Å². The normalized spacial score (nSPS) is 10.6. The van der Waals surface area contributed by atoms with Crippen LogP contribution < -0.4 is 4.74 Å². The summed E-state index contributed by atoms with van der Waals surface area (Å²) in [6.45, 7) is 0.0570. The molecule has 0 aliphatic heterocycles. The lowest BCUT2D eigenvalue weighted by Crippen LogP contribution is -1.97. The highest BCUT2D eigenvalue weighted by atomic mass is 35.5. The van der Waals surface area contributed by atoms with Gasteiger partial charge in [-0.25, -0.2) is 9.37 Å². The number of nitrogens with zero attached hydrogens (tertiary/aromatic N) is 1. The van der Waals surface area contributed by atoms with E-state index in [-0.39, 0.29) is 12.4 Å². The Balaban J connectivity index is 1.72. The topological polar surface area (TPSA) is 35.3 Å². The summed E-state index contributed by atoms with van der Waals surface area (Å²) < 4.78 is 24.3. The average Bonchev–Trinajstić information content (AvgIpc) is 2.95. The minimum atomic E-state index is -0.417. The molecule has 0 spiro atoms. The van der Waals surface area contributed by atoms with E-state index in [4.69, 9.17) is 20.8 Å². The summed E-state index contributed by atoms with van der Waals surface area (Å²) >= 11 is 5.93. The Bertz CT molecular complexity index is 757. The molecule has 0 unspecified atom stereocenters. The lowest BCUT2D eigenvalue weighted by atomic mass is 10.2. The Kier molecular flexibility index (Phi) is 3.88. The first-order chi connectivity index (χ1) is 10.2. The molecule has 0 aliphatic rings. The van der Waals surface area contributed by atoms with E-state index >= 15 is 0 Å². The quantitative estimate of drug-likeness (QED) is 0.700. The molecule has 3 aromatic rings. The number of rotatable bonds is 4. The van der Waals surface area contributed by atoms with Gasteiger partial charge >= 0.3 is 0 Å². The molecule has 106 valence electrons. The second-order valence-corrected chi connectivity index (χ2v) is 4.78. The van der Waals surface area contributed by atoms with Crippen LogP contribution in [-0.4, -0.2) is 4.98 Å². The maximum absolute atomic E-state index is 13.4. The van der Waals surface area contributed by atoms with E-state index in [9.17, 15) is 4.39 Å². The minimum absolute atomic E-state index is 0.0570. The zero-order valence-electron chi connectivity index (χ0n) is 10.9. The zero-order valence-corrected chi connectivity index (χ0v) is 11.7. The Hall–Kier alpha value is -2.33. The van der Waals surface area contributed by atoms with Crippen LogP contribution in [0.3, 0.4) is 0 Å². The number of hydrogen-bond acceptors (Lipinski definition) is 3. The molecule has 0 saturated carbocycles. The molecular weight excluding hydrogens is 293 g/mol. The summed E-state index contributed by atoms with van der Waals surface area (Å²) in [6.07, 6.45) is 1.59. The maximum Gasteiger partial charge on any atom is 0.232 e. The molecule has 5 heteroatoms. The molecule has 1 heterocycles. The van der Waals surface area contributed by atoms with E-state index in [1.807, 2.05) is 12.1 Å². The fraction of sp³-hybridized carbons (Fsp3) is 0.0625. The Morgan fingerprint density at radius 2 is 2.00 bits per heavy atom. The first-order valence-electron chi connectivity index (χ1n) is 6.30. The molecular formula is C16H11ClFNO2. The van der Waals surface area contributed by atoms with Crippen LogP contribution >= 0.6 is 11.6 Å². The van der Waals surface area contributed by atoms with Crippen molar-refractivity contribution in [1.82, 2.24) is 4.98 Å². The van der Waals surface area contributed by atoms with Crippen LogP contribution in [0.5, 0.6) is 5.75 Å². The molecule has 0 bridgehead atoms. The monoisotopic (exact) mass is 303 g/mol. The van der Waals surface area contributed by atoms with Gasteiger partial charge in [0, 0.05) is 10.6 Å². The molecule has 0 N–H and O–H groups in total. The molecule has 0 atom stereocenters. The molecule has 0 fully saturated rings. The molecule has 3 nitrogen and oxygen atoms in total. The summed E-state index contributed by atoms with van der Waals surface area (Å²) in [5, 5.41) is 0.619.